The number of amides is 2. The van der Waals surface area contributed by atoms with Crippen LogP contribution >= 0.6 is 0 Å². The number of rotatable bonds is 3. The molecule has 1 aromatic carbocycles. The van der Waals surface area contributed by atoms with E-state index in [0.717, 1.165) is 29.7 Å². The fourth-order valence-electron chi connectivity index (χ4n) is 3.96. The highest BCUT2D eigenvalue weighted by Crippen LogP contribution is 2.40. The van der Waals surface area contributed by atoms with E-state index < -0.39 is 0 Å². The van der Waals surface area contributed by atoms with Crippen LogP contribution in [0.4, 0.5) is 0 Å². The van der Waals surface area contributed by atoms with Gasteiger partial charge in [0.05, 0.1) is 11.0 Å². The van der Waals surface area contributed by atoms with Gasteiger partial charge in [0.25, 0.3) is 5.91 Å². The summed E-state index contributed by atoms with van der Waals surface area (Å²) in [5.74, 6) is 2.30. The highest BCUT2D eigenvalue weighted by atomic mass is 16.2. The highest BCUT2D eigenvalue weighted by Gasteiger charge is 2.35. The zero-order valence-electron chi connectivity index (χ0n) is 15.1. The molecular weight excluding hydrogens is 328 g/mol. The van der Waals surface area contributed by atoms with E-state index in [0.29, 0.717) is 37.7 Å². The minimum Gasteiger partial charge on any atom is -0.339 e. The molecule has 5 rings (SSSR count). The van der Waals surface area contributed by atoms with Crippen LogP contribution in [0.25, 0.3) is 11.0 Å². The molecule has 1 saturated heterocycles. The Labute approximate surface area is 152 Å². The number of hydrogen-bond donors (Lipinski definition) is 0. The molecular formula is C20H24N4O2. The summed E-state index contributed by atoms with van der Waals surface area (Å²) in [6.07, 6.45) is 4.50. The Kier molecular flexibility index (Phi) is 3.55. The van der Waals surface area contributed by atoms with Crippen LogP contribution in [0.15, 0.2) is 18.2 Å². The van der Waals surface area contributed by atoms with E-state index in [4.69, 9.17) is 4.98 Å². The van der Waals surface area contributed by atoms with E-state index in [2.05, 4.69) is 11.6 Å². The van der Waals surface area contributed by atoms with E-state index in [-0.39, 0.29) is 17.7 Å². The fourth-order valence-corrected chi connectivity index (χ4v) is 3.96. The molecule has 2 saturated carbocycles. The van der Waals surface area contributed by atoms with Gasteiger partial charge >= 0.3 is 0 Å². The summed E-state index contributed by atoms with van der Waals surface area (Å²) < 4.78 is 2.16. The number of piperazine rings is 1. The van der Waals surface area contributed by atoms with Crippen molar-refractivity contribution < 1.29 is 9.59 Å². The van der Waals surface area contributed by atoms with E-state index in [1.54, 1.807) is 0 Å². The lowest BCUT2D eigenvalue weighted by atomic mass is 10.1. The van der Waals surface area contributed by atoms with Gasteiger partial charge in [-0.2, -0.15) is 0 Å². The Morgan fingerprint density at radius 3 is 2.35 bits per heavy atom. The van der Waals surface area contributed by atoms with Gasteiger partial charge in [-0.15, -0.1) is 0 Å². The smallest absolute Gasteiger partial charge is 0.254 e. The fraction of sp³-hybridized carbons (Fsp3) is 0.550. The lowest BCUT2D eigenvalue weighted by Gasteiger charge is -2.35. The molecule has 6 nitrogen and oxygen atoms in total. The van der Waals surface area contributed by atoms with Gasteiger partial charge in [0.2, 0.25) is 5.91 Å². The molecule has 2 aromatic rings. The molecule has 3 aliphatic rings. The van der Waals surface area contributed by atoms with Crippen LogP contribution in [0.3, 0.4) is 0 Å². The molecule has 2 aliphatic carbocycles. The van der Waals surface area contributed by atoms with Gasteiger partial charge in [-0.25, -0.2) is 4.98 Å². The summed E-state index contributed by atoms with van der Waals surface area (Å²) >= 11 is 0. The summed E-state index contributed by atoms with van der Waals surface area (Å²) in [6, 6.07) is 5.84. The Morgan fingerprint density at radius 1 is 1.00 bits per heavy atom. The number of aryl methyl sites for hydroxylation is 1. The van der Waals surface area contributed by atoms with Crippen LogP contribution < -0.4 is 0 Å². The summed E-state index contributed by atoms with van der Waals surface area (Å²) in [7, 11) is 2.06. The SMILES string of the molecule is Cn1c(C2CC2)nc2cc(C(=O)N3CCN(C(=O)C4CC4)CC3)ccc21. The molecule has 0 N–H and O–H groups in total. The van der Waals surface area contributed by atoms with Crippen molar-refractivity contribution in [3.8, 4) is 0 Å². The number of nitrogens with zero attached hydrogens (tertiary/aromatic N) is 4. The predicted octanol–water partition coefficient (Wildman–Crippen LogP) is 2.15. The van der Waals surface area contributed by atoms with Gasteiger partial charge in [-0.05, 0) is 43.9 Å². The number of benzene rings is 1. The Balaban J connectivity index is 1.31. The normalized spacial score (nSPS) is 20.7. The first-order valence-electron chi connectivity index (χ1n) is 9.66. The summed E-state index contributed by atoms with van der Waals surface area (Å²) in [5.41, 5.74) is 2.69. The molecule has 26 heavy (non-hydrogen) atoms. The largest absolute Gasteiger partial charge is 0.339 e. The molecule has 0 atom stereocenters. The van der Waals surface area contributed by atoms with Crippen molar-refractivity contribution in [1.82, 2.24) is 19.4 Å². The van der Waals surface area contributed by atoms with Crippen molar-refractivity contribution in [2.75, 3.05) is 26.2 Å². The first-order valence-corrected chi connectivity index (χ1v) is 9.66. The summed E-state index contributed by atoms with van der Waals surface area (Å²) in [4.78, 5) is 33.6. The Morgan fingerprint density at radius 2 is 1.69 bits per heavy atom. The van der Waals surface area contributed by atoms with Crippen LogP contribution in [0, 0.1) is 5.92 Å². The molecule has 2 heterocycles. The molecule has 0 radical (unpaired) electrons. The van der Waals surface area contributed by atoms with Crippen molar-refractivity contribution >= 4 is 22.8 Å². The van der Waals surface area contributed by atoms with Crippen molar-refractivity contribution in [2.24, 2.45) is 13.0 Å². The summed E-state index contributed by atoms with van der Waals surface area (Å²) in [5, 5.41) is 0. The predicted molar refractivity (Wildman–Crippen MR) is 97.9 cm³/mol. The van der Waals surface area contributed by atoms with E-state index in [9.17, 15) is 9.59 Å². The zero-order chi connectivity index (χ0) is 17.8. The number of carbonyl (C=O) groups is 2. The third kappa shape index (κ3) is 2.68. The summed E-state index contributed by atoms with van der Waals surface area (Å²) in [6.45, 7) is 2.53. The third-order valence-electron chi connectivity index (χ3n) is 5.91. The lowest BCUT2D eigenvalue weighted by Crippen LogP contribution is -2.51. The molecule has 0 unspecified atom stereocenters. The van der Waals surface area contributed by atoms with Crippen molar-refractivity contribution in [3.63, 3.8) is 0 Å². The minimum absolute atomic E-state index is 0.0454. The minimum atomic E-state index is 0.0454. The third-order valence-corrected chi connectivity index (χ3v) is 5.91. The first kappa shape index (κ1) is 15.9. The maximum absolute atomic E-state index is 12.9. The highest BCUT2D eigenvalue weighted by molar-refractivity contribution is 5.97. The molecule has 1 aliphatic heterocycles. The van der Waals surface area contributed by atoms with Gasteiger partial charge in [0.15, 0.2) is 0 Å². The standard InChI is InChI=1S/C20H24N4O2/c1-22-17-7-6-15(12-16(17)21-18(22)13-2-3-13)20(26)24-10-8-23(9-11-24)19(25)14-4-5-14/h6-7,12-14H,2-5,8-11H2,1H3. The number of carbonyl (C=O) groups excluding carboxylic acids is 2. The average Bonchev–Trinajstić information content (AvgIpc) is 3.58. The number of fused-ring (bicyclic) bond motifs is 1. The van der Waals surface area contributed by atoms with Crippen LogP contribution in [-0.4, -0.2) is 57.3 Å². The van der Waals surface area contributed by atoms with Crippen molar-refractivity contribution in [2.45, 2.75) is 31.6 Å². The van der Waals surface area contributed by atoms with Gasteiger partial charge in [-0.1, -0.05) is 0 Å². The maximum atomic E-state index is 12.9. The molecule has 136 valence electrons. The number of imidazole rings is 1. The first-order chi connectivity index (χ1) is 12.6. The van der Waals surface area contributed by atoms with Crippen LogP contribution in [0.1, 0.15) is 47.8 Å². The molecule has 6 heteroatoms. The quantitative estimate of drug-likeness (QED) is 0.850. The van der Waals surface area contributed by atoms with Gasteiger partial charge in [0.1, 0.15) is 5.82 Å². The maximum Gasteiger partial charge on any atom is 0.254 e. The topological polar surface area (TPSA) is 58.4 Å². The van der Waals surface area contributed by atoms with E-state index in [1.165, 1.54) is 12.8 Å². The van der Waals surface area contributed by atoms with Crippen molar-refractivity contribution in [3.05, 3.63) is 29.6 Å². The second kappa shape index (κ2) is 5.83. The van der Waals surface area contributed by atoms with Gasteiger partial charge in [0, 0.05) is 50.6 Å². The molecule has 0 bridgehead atoms. The molecule has 1 aromatic heterocycles. The number of aromatic nitrogens is 2. The molecule has 2 amide bonds. The second-order valence-corrected chi connectivity index (χ2v) is 7.90. The zero-order valence-corrected chi connectivity index (χ0v) is 15.1. The molecule has 0 spiro atoms. The van der Waals surface area contributed by atoms with E-state index in [1.807, 2.05) is 28.0 Å². The van der Waals surface area contributed by atoms with E-state index >= 15 is 0 Å². The molecule has 3 fully saturated rings. The van der Waals surface area contributed by atoms with Gasteiger partial charge in [-0.3, -0.25) is 9.59 Å². The van der Waals surface area contributed by atoms with Crippen molar-refractivity contribution in [1.29, 1.82) is 0 Å². The number of hydrogen-bond acceptors (Lipinski definition) is 3. The average molecular weight is 352 g/mol. The Hall–Kier alpha value is -2.37. The lowest BCUT2D eigenvalue weighted by molar-refractivity contribution is -0.134. The monoisotopic (exact) mass is 352 g/mol. The Bertz CT molecular complexity index is 887. The second-order valence-electron chi connectivity index (χ2n) is 7.90. The van der Waals surface area contributed by atoms with Gasteiger partial charge < -0.3 is 14.4 Å². The van der Waals surface area contributed by atoms with Crippen LogP contribution in [-0.2, 0) is 11.8 Å². The van der Waals surface area contributed by atoms with Crippen LogP contribution in [0.2, 0.25) is 0 Å². The van der Waals surface area contributed by atoms with Crippen LogP contribution in [0.5, 0.6) is 0 Å².